The van der Waals surface area contributed by atoms with Crippen LogP contribution in [-0.4, -0.2) is 41.3 Å². The van der Waals surface area contributed by atoms with Crippen LogP contribution >= 0.6 is 24.0 Å². The molecule has 0 aliphatic carbocycles. The van der Waals surface area contributed by atoms with E-state index in [2.05, 4.69) is 5.32 Å². The molecule has 0 atom stereocenters. The molecule has 1 saturated heterocycles. The molecule has 1 aliphatic heterocycles. The molecule has 3 aromatic rings. The minimum Gasteiger partial charge on any atom is -0.497 e. The van der Waals surface area contributed by atoms with Crippen LogP contribution in [0.4, 0.5) is 5.69 Å². The first kappa shape index (κ1) is 24.5. The maximum atomic E-state index is 13.0. The van der Waals surface area contributed by atoms with Crippen LogP contribution in [0.5, 0.6) is 11.5 Å². The van der Waals surface area contributed by atoms with Crippen LogP contribution in [0.3, 0.4) is 0 Å². The van der Waals surface area contributed by atoms with E-state index in [4.69, 9.17) is 21.7 Å². The van der Waals surface area contributed by atoms with Gasteiger partial charge in [-0.2, -0.15) is 0 Å². The van der Waals surface area contributed by atoms with Gasteiger partial charge in [0.2, 0.25) is 0 Å². The topological polar surface area (TPSA) is 67.9 Å². The highest BCUT2D eigenvalue weighted by atomic mass is 32.2. The normalized spacial score (nSPS) is 14.3. The fraction of sp³-hybridized carbons (Fsp3) is 0.148. The third kappa shape index (κ3) is 6.49. The highest BCUT2D eigenvalue weighted by molar-refractivity contribution is 8.26. The van der Waals surface area contributed by atoms with E-state index in [1.54, 1.807) is 48.4 Å². The van der Waals surface area contributed by atoms with E-state index >= 15 is 0 Å². The zero-order valence-electron chi connectivity index (χ0n) is 19.1. The number of nitrogens with one attached hydrogen (secondary N) is 1. The van der Waals surface area contributed by atoms with Crippen molar-refractivity contribution in [3.05, 3.63) is 94.9 Å². The molecule has 35 heavy (non-hydrogen) atoms. The van der Waals surface area contributed by atoms with Gasteiger partial charge in [0.15, 0.2) is 6.61 Å². The fourth-order valence-corrected chi connectivity index (χ4v) is 4.79. The Morgan fingerprint density at radius 3 is 2.63 bits per heavy atom. The molecule has 8 heteroatoms. The van der Waals surface area contributed by atoms with Crippen molar-refractivity contribution in [1.29, 1.82) is 0 Å². The monoisotopic (exact) mass is 504 g/mol. The molecular formula is C27H24N2O4S2. The number of amides is 2. The lowest BCUT2D eigenvalue weighted by Gasteiger charge is -2.14. The molecular weight excluding hydrogens is 480 g/mol. The fourth-order valence-electron chi connectivity index (χ4n) is 3.49. The standard InChI is InChI=1S/C27H24N2O4S2/c1-32-22-12-7-11-21(17-22)28-25(30)18-33-23-13-6-5-10-20(23)16-24-26(31)29(27(34)35-24)15-14-19-8-3-2-4-9-19/h2-13,16-17H,14-15,18H2,1H3,(H,28,30)/b24-16-. The van der Waals surface area contributed by atoms with Gasteiger partial charge in [-0.3, -0.25) is 14.5 Å². The molecule has 0 spiro atoms. The summed E-state index contributed by atoms with van der Waals surface area (Å²) >= 11 is 6.73. The summed E-state index contributed by atoms with van der Waals surface area (Å²) in [5, 5.41) is 2.78. The Hall–Kier alpha value is -3.62. The van der Waals surface area contributed by atoms with Crippen molar-refractivity contribution in [3.8, 4) is 11.5 Å². The summed E-state index contributed by atoms with van der Waals surface area (Å²) in [6, 6.07) is 24.4. The summed E-state index contributed by atoms with van der Waals surface area (Å²) in [5.41, 5.74) is 2.46. The number of benzene rings is 3. The number of carbonyl (C=O) groups excluding carboxylic acids is 2. The zero-order chi connectivity index (χ0) is 24.6. The predicted octanol–water partition coefficient (Wildman–Crippen LogP) is 5.16. The molecule has 1 aliphatic rings. The number of rotatable bonds is 9. The average molecular weight is 505 g/mol. The van der Waals surface area contributed by atoms with Crippen molar-refractivity contribution in [3.63, 3.8) is 0 Å². The Kier molecular flexibility index (Phi) is 8.18. The Labute approximate surface area is 213 Å². The van der Waals surface area contributed by atoms with Gasteiger partial charge in [-0.25, -0.2) is 0 Å². The number of thioether (sulfide) groups is 1. The first-order valence-corrected chi connectivity index (χ1v) is 12.2. The highest BCUT2D eigenvalue weighted by Gasteiger charge is 2.31. The number of methoxy groups -OCH3 is 1. The molecule has 4 rings (SSSR count). The molecule has 3 aromatic carbocycles. The number of thiocarbonyl (C=S) groups is 1. The smallest absolute Gasteiger partial charge is 0.266 e. The van der Waals surface area contributed by atoms with E-state index < -0.39 is 0 Å². The molecule has 178 valence electrons. The van der Waals surface area contributed by atoms with Gasteiger partial charge in [-0.15, -0.1) is 0 Å². The minimum atomic E-state index is -0.305. The van der Waals surface area contributed by atoms with Crippen molar-refractivity contribution >= 4 is 51.9 Å². The summed E-state index contributed by atoms with van der Waals surface area (Å²) in [7, 11) is 1.57. The molecule has 0 unspecified atom stereocenters. The Morgan fingerprint density at radius 2 is 1.83 bits per heavy atom. The SMILES string of the molecule is COc1cccc(NC(=O)COc2ccccc2/C=C2\SC(=S)N(CCc3ccccc3)C2=O)c1. The lowest BCUT2D eigenvalue weighted by molar-refractivity contribution is -0.122. The first-order valence-electron chi connectivity index (χ1n) is 11.0. The van der Waals surface area contributed by atoms with Crippen LogP contribution in [0.2, 0.25) is 0 Å². The van der Waals surface area contributed by atoms with Gasteiger partial charge >= 0.3 is 0 Å². The molecule has 1 fully saturated rings. The maximum Gasteiger partial charge on any atom is 0.266 e. The number of hydrogen-bond acceptors (Lipinski definition) is 6. The lowest BCUT2D eigenvalue weighted by Crippen LogP contribution is -2.30. The van der Waals surface area contributed by atoms with Gasteiger partial charge in [-0.05, 0) is 36.3 Å². The molecule has 0 aromatic heterocycles. The average Bonchev–Trinajstić information content (AvgIpc) is 3.14. The van der Waals surface area contributed by atoms with Crippen LogP contribution < -0.4 is 14.8 Å². The summed E-state index contributed by atoms with van der Waals surface area (Å²) in [4.78, 5) is 27.6. The van der Waals surface area contributed by atoms with Crippen LogP contribution in [0, 0.1) is 0 Å². The van der Waals surface area contributed by atoms with Crippen LogP contribution in [-0.2, 0) is 16.0 Å². The Morgan fingerprint density at radius 1 is 1.06 bits per heavy atom. The Bertz CT molecular complexity index is 1260. The molecule has 2 amide bonds. The van der Waals surface area contributed by atoms with E-state index in [0.717, 1.165) is 12.0 Å². The molecule has 1 N–H and O–H groups in total. The number of carbonyl (C=O) groups is 2. The van der Waals surface area contributed by atoms with E-state index in [9.17, 15) is 9.59 Å². The molecule has 0 radical (unpaired) electrons. The quantitative estimate of drug-likeness (QED) is 0.321. The lowest BCUT2D eigenvalue weighted by atomic mass is 10.1. The summed E-state index contributed by atoms with van der Waals surface area (Å²) in [6.07, 6.45) is 2.49. The first-order chi connectivity index (χ1) is 17.0. The van der Waals surface area contributed by atoms with E-state index in [-0.39, 0.29) is 18.4 Å². The summed E-state index contributed by atoms with van der Waals surface area (Å²) in [5.74, 6) is 0.722. The van der Waals surface area contributed by atoms with Gasteiger partial charge in [0, 0.05) is 23.9 Å². The van der Waals surface area contributed by atoms with Gasteiger partial charge in [0.1, 0.15) is 15.8 Å². The van der Waals surface area contributed by atoms with Crippen LogP contribution in [0.25, 0.3) is 6.08 Å². The molecule has 0 saturated carbocycles. The second kappa shape index (κ2) is 11.7. The van der Waals surface area contributed by atoms with Gasteiger partial charge in [-0.1, -0.05) is 78.6 Å². The zero-order valence-corrected chi connectivity index (χ0v) is 20.7. The van der Waals surface area contributed by atoms with Crippen molar-refractivity contribution < 1.29 is 19.1 Å². The number of para-hydroxylation sites is 1. The van der Waals surface area contributed by atoms with E-state index in [1.165, 1.54) is 11.8 Å². The number of nitrogens with zero attached hydrogens (tertiary/aromatic N) is 1. The second-order valence-electron chi connectivity index (χ2n) is 7.68. The van der Waals surface area contributed by atoms with Gasteiger partial charge in [0.25, 0.3) is 11.8 Å². The van der Waals surface area contributed by atoms with E-state index in [1.807, 2.05) is 48.5 Å². The highest BCUT2D eigenvalue weighted by Crippen LogP contribution is 2.34. The van der Waals surface area contributed by atoms with Crippen molar-refractivity contribution in [2.45, 2.75) is 6.42 Å². The molecule has 0 bridgehead atoms. The second-order valence-corrected chi connectivity index (χ2v) is 9.35. The third-order valence-electron chi connectivity index (χ3n) is 5.26. The molecule has 6 nitrogen and oxygen atoms in total. The predicted molar refractivity (Wildman–Crippen MR) is 144 cm³/mol. The molecule has 1 heterocycles. The van der Waals surface area contributed by atoms with Gasteiger partial charge in [0.05, 0.1) is 12.0 Å². The van der Waals surface area contributed by atoms with Crippen LogP contribution in [0.15, 0.2) is 83.8 Å². The van der Waals surface area contributed by atoms with Crippen LogP contribution in [0.1, 0.15) is 11.1 Å². The summed E-state index contributed by atoms with van der Waals surface area (Å²) in [6.45, 7) is 0.342. The maximum absolute atomic E-state index is 13.0. The summed E-state index contributed by atoms with van der Waals surface area (Å²) < 4.78 is 11.5. The van der Waals surface area contributed by atoms with Crippen molar-refractivity contribution in [2.24, 2.45) is 0 Å². The number of ether oxygens (including phenoxy) is 2. The van der Waals surface area contributed by atoms with E-state index in [0.29, 0.717) is 38.5 Å². The Balaban J connectivity index is 1.40. The minimum absolute atomic E-state index is 0.124. The van der Waals surface area contributed by atoms with Crippen molar-refractivity contribution in [2.75, 3.05) is 25.6 Å². The number of anilines is 1. The number of hydrogen-bond donors (Lipinski definition) is 1. The van der Waals surface area contributed by atoms with Gasteiger partial charge < -0.3 is 14.8 Å². The van der Waals surface area contributed by atoms with Crippen molar-refractivity contribution in [1.82, 2.24) is 4.90 Å². The largest absolute Gasteiger partial charge is 0.497 e. The third-order valence-corrected chi connectivity index (χ3v) is 6.64.